The molecule has 0 aromatic rings. The molecule has 48 valence electrons. The summed E-state index contributed by atoms with van der Waals surface area (Å²) in [6.07, 6.45) is -6.51. The van der Waals surface area contributed by atoms with E-state index < -0.39 is 12.3 Å². The highest BCUT2D eigenvalue weighted by atomic mass is 19.4. The molecule has 0 aliphatic carbocycles. The molecule has 0 aliphatic rings. The van der Waals surface area contributed by atoms with E-state index in [4.69, 9.17) is 5.11 Å². The Hall–Kier alpha value is -0.510. The predicted octanol–water partition coefficient (Wildman–Crippen LogP) is 1.10. The van der Waals surface area contributed by atoms with Gasteiger partial charge in [0.2, 0.25) is 0 Å². The molecule has 0 saturated heterocycles. The van der Waals surface area contributed by atoms with E-state index in [1.807, 2.05) is 0 Å². The molecule has 0 heterocycles. The van der Waals surface area contributed by atoms with Crippen LogP contribution in [0.3, 0.4) is 0 Å². The SMILES string of the molecule is C=CC(O)C(F)(F)F. The van der Waals surface area contributed by atoms with Gasteiger partial charge in [-0.05, 0) is 0 Å². The first kappa shape index (κ1) is 7.49. The Balaban J connectivity index is 3.80. The highest BCUT2D eigenvalue weighted by Crippen LogP contribution is 2.19. The number of hydrogen-bond donors (Lipinski definition) is 1. The molecule has 1 unspecified atom stereocenters. The van der Waals surface area contributed by atoms with Gasteiger partial charge in [0.05, 0.1) is 0 Å². The third-order valence-electron chi connectivity index (χ3n) is 0.559. The van der Waals surface area contributed by atoms with Crippen molar-refractivity contribution >= 4 is 0 Å². The van der Waals surface area contributed by atoms with Crippen molar-refractivity contribution in [3.63, 3.8) is 0 Å². The van der Waals surface area contributed by atoms with Crippen molar-refractivity contribution in [2.75, 3.05) is 0 Å². The highest BCUT2D eigenvalue weighted by molar-refractivity contribution is 4.83. The predicted molar refractivity (Wildman–Crippen MR) is 22.3 cm³/mol. The van der Waals surface area contributed by atoms with E-state index >= 15 is 0 Å². The van der Waals surface area contributed by atoms with E-state index in [1.165, 1.54) is 0 Å². The van der Waals surface area contributed by atoms with Gasteiger partial charge in [-0.2, -0.15) is 13.2 Å². The van der Waals surface area contributed by atoms with Crippen molar-refractivity contribution in [2.24, 2.45) is 0 Å². The molecule has 0 aliphatic heterocycles. The quantitative estimate of drug-likeness (QED) is 0.521. The molecule has 0 bridgehead atoms. The van der Waals surface area contributed by atoms with Crippen LogP contribution in [0.5, 0.6) is 0 Å². The maximum atomic E-state index is 11.1. The van der Waals surface area contributed by atoms with Crippen molar-refractivity contribution < 1.29 is 18.3 Å². The minimum absolute atomic E-state index is 0.431. The first-order chi connectivity index (χ1) is 3.48. The summed E-state index contributed by atoms with van der Waals surface area (Å²) in [5, 5.41) is 7.95. The zero-order valence-corrected chi connectivity index (χ0v) is 3.94. The first-order valence-corrected chi connectivity index (χ1v) is 1.86. The summed E-state index contributed by atoms with van der Waals surface area (Å²) in [5.74, 6) is 0. The van der Waals surface area contributed by atoms with Crippen LogP contribution in [0.2, 0.25) is 0 Å². The number of halogens is 3. The second-order valence-electron chi connectivity index (χ2n) is 1.22. The Morgan fingerprint density at radius 1 is 1.50 bits per heavy atom. The smallest absolute Gasteiger partial charge is 0.380 e. The van der Waals surface area contributed by atoms with E-state index in [1.54, 1.807) is 0 Å². The van der Waals surface area contributed by atoms with Crippen molar-refractivity contribution in [3.8, 4) is 0 Å². The largest absolute Gasteiger partial charge is 0.417 e. The summed E-state index contributed by atoms with van der Waals surface area (Å²) in [5.41, 5.74) is 0. The number of alkyl halides is 3. The average Bonchev–Trinajstić information content (AvgIpc) is 1.62. The molecular formula is C4H5F3O. The average molecular weight is 126 g/mol. The van der Waals surface area contributed by atoms with E-state index in [-0.39, 0.29) is 0 Å². The lowest BCUT2D eigenvalue weighted by molar-refractivity contribution is -0.187. The second-order valence-corrected chi connectivity index (χ2v) is 1.22. The maximum Gasteiger partial charge on any atom is 0.417 e. The first-order valence-electron chi connectivity index (χ1n) is 1.86. The monoisotopic (exact) mass is 126 g/mol. The van der Waals surface area contributed by atoms with Crippen LogP contribution >= 0.6 is 0 Å². The van der Waals surface area contributed by atoms with Gasteiger partial charge in [-0.1, -0.05) is 6.08 Å². The third kappa shape index (κ3) is 1.97. The van der Waals surface area contributed by atoms with Crippen LogP contribution in [-0.4, -0.2) is 17.4 Å². The van der Waals surface area contributed by atoms with Gasteiger partial charge < -0.3 is 5.11 Å². The zero-order chi connectivity index (χ0) is 6.78. The fraction of sp³-hybridized carbons (Fsp3) is 0.500. The lowest BCUT2D eigenvalue weighted by atomic mass is 10.3. The van der Waals surface area contributed by atoms with Gasteiger partial charge in [0.25, 0.3) is 0 Å². The summed E-state index contributed by atoms with van der Waals surface area (Å²) in [4.78, 5) is 0. The van der Waals surface area contributed by atoms with Gasteiger partial charge in [-0.15, -0.1) is 6.58 Å². The summed E-state index contributed by atoms with van der Waals surface area (Å²) in [6, 6.07) is 0. The van der Waals surface area contributed by atoms with Gasteiger partial charge >= 0.3 is 6.18 Å². The van der Waals surface area contributed by atoms with Crippen LogP contribution in [0.4, 0.5) is 13.2 Å². The van der Waals surface area contributed by atoms with Crippen LogP contribution < -0.4 is 0 Å². The Labute approximate surface area is 44.4 Å². The molecule has 0 radical (unpaired) electrons. The van der Waals surface area contributed by atoms with Crippen LogP contribution in [0.1, 0.15) is 0 Å². The number of rotatable bonds is 1. The summed E-state index contributed by atoms with van der Waals surface area (Å²) < 4.78 is 33.4. The van der Waals surface area contributed by atoms with Crippen LogP contribution in [-0.2, 0) is 0 Å². The summed E-state index contributed by atoms with van der Waals surface area (Å²) in [6.45, 7) is 2.76. The van der Waals surface area contributed by atoms with E-state index in [2.05, 4.69) is 6.58 Å². The second kappa shape index (κ2) is 2.17. The Kier molecular flexibility index (Phi) is 2.03. The molecule has 0 spiro atoms. The summed E-state index contributed by atoms with van der Waals surface area (Å²) in [7, 11) is 0. The molecule has 0 amide bonds. The molecular weight excluding hydrogens is 121 g/mol. The topological polar surface area (TPSA) is 20.2 Å². The van der Waals surface area contributed by atoms with Gasteiger partial charge in [0.15, 0.2) is 6.10 Å². The van der Waals surface area contributed by atoms with E-state index in [9.17, 15) is 13.2 Å². The van der Waals surface area contributed by atoms with Crippen LogP contribution in [0, 0.1) is 0 Å². The van der Waals surface area contributed by atoms with Gasteiger partial charge in [0, 0.05) is 0 Å². The molecule has 1 N–H and O–H groups in total. The van der Waals surface area contributed by atoms with Crippen molar-refractivity contribution in [1.29, 1.82) is 0 Å². The fourth-order valence-electron chi connectivity index (χ4n) is 0.134. The highest BCUT2D eigenvalue weighted by Gasteiger charge is 2.35. The van der Waals surface area contributed by atoms with Crippen molar-refractivity contribution in [2.45, 2.75) is 12.3 Å². The Morgan fingerprint density at radius 2 is 1.88 bits per heavy atom. The minimum atomic E-state index is -4.55. The molecule has 0 fully saturated rings. The van der Waals surface area contributed by atoms with Crippen molar-refractivity contribution in [1.82, 2.24) is 0 Å². The van der Waals surface area contributed by atoms with E-state index in [0.717, 1.165) is 0 Å². The molecule has 0 aromatic carbocycles. The molecule has 0 aromatic heterocycles. The molecule has 8 heavy (non-hydrogen) atoms. The normalized spacial score (nSPS) is 15.5. The summed E-state index contributed by atoms with van der Waals surface area (Å²) >= 11 is 0. The van der Waals surface area contributed by atoms with E-state index in [0.29, 0.717) is 6.08 Å². The molecule has 4 heteroatoms. The molecule has 0 saturated carbocycles. The van der Waals surface area contributed by atoms with Crippen LogP contribution in [0.25, 0.3) is 0 Å². The standard InChI is InChI=1S/C4H5F3O/c1-2-3(8)4(5,6)7/h2-3,8H,1H2. The van der Waals surface area contributed by atoms with Crippen LogP contribution in [0.15, 0.2) is 12.7 Å². The Bertz CT molecular complexity index is 85.8. The maximum absolute atomic E-state index is 11.1. The number of aliphatic hydroxyl groups is 1. The minimum Gasteiger partial charge on any atom is -0.380 e. The van der Waals surface area contributed by atoms with Crippen molar-refractivity contribution in [3.05, 3.63) is 12.7 Å². The third-order valence-corrected chi connectivity index (χ3v) is 0.559. The van der Waals surface area contributed by atoms with Gasteiger partial charge in [-0.25, -0.2) is 0 Å². The Morgan fingerprint density at radius 3 is 1.88 bits per heavy atom. The fourth-order valence-corrected chi connectivity index (χ4v) is 0.134. The molecule has 1 atom stereocenters. The number of hydrogen-bond acceptors (Lipinski definition) is 1. The molecule has 1 nitrogen and oxygen atoms in total. The number of aliphatic hydroxyl groups excluding tert-OH is 1. The van der Waals surface area contributed by atoms with Gasteiger partial charge in [0.1, 0.15) is 0 Å². The zero-order valence-electron chi connectivity index (χ0n) is 3.94. The lowest BCUT2D eigenvalue weighted by Gasteiger charge is -2.07. The molecule has 0 rings (SSSR count). The lowest BCUT2D eigenvalue weighted by Crippen LogP contribution is -2.25. The van der Waals surface area contributed by atoms with Gasteiger partial charge in [-0.3, -0.25) is 0 Å².